The number of pyridine rings is 1. The highest BCUT2D eigenvalue weighted by molar-refractivity contribution is 5.51. The van der Waals surface area contributed by atoms with Crippen LogP contribution >= 0.6 is 0 Å². The van der Waals surface area contributed by atoms with Crippen LogP contribution in [0.3, 0.4) is 0 Å². The molecule has 1 aromatic rings. The second kappa shape index (κ2) is 6.33. The SMILES string of the molecule is CC(C)(C)c1ccc(CN2CCOCC2)[nH]/c1=N\C=N. The van der Waals surface area contributed by atoms with Crippen molar-refractivity contribution in [2.24, 2.45) is 4.99 Å². The van der Waals surface area contributed by atoms with Gasteiger partial charge in [0.2, 0.25) is 0 Å². The second-order valence-corrected chi connectivity index (χ2v) is 6.14. The van der Waals surface area contributed by atoms with Gasteiger partial charge < -0.3 is 9.72 Å². The molecule has 2 heterocycles. The van der Waals surface area contributed by atoms with Crippen LogP contribution in [0.2, 0.25) is 0 Å². The van der Waals surface area contributed by atoms with Crippen molar-refractivity contribution < 1.29 is 4.74 Å². The van der Waals surface area contributed by atoms with Crippen molar-refractivity contribution in [1.82, 2.24) is 9.88 Å². The minimum atomic E-state index is 0.00976. The molecule has 0 aromatic carbocycles. The number of hydrogen-bond donors (Lipinski definition) is 2. The summed E-state index contributed by atoms with van der Waals surface area (Å²) in [5, 5.41) is 7.23. The molecule has 0 aliphatic carbocycles. The van der Waals surface area contributed by atoms with Gasteiger partial charge in [-0.2, -0.15) is 0 Å². The maximum absolute atomic E-state index is 7.23. The predicted octanol–water partition coefficient (Wildman–Crippen LogP) is 1.65. The number of H-pyrrole nitrogens is 1. The lowest BCUT2D eigenvalue weighted by Crippen LogP contribution is -2.36. The second-order valence-electron chi connectivity index (χ2n) is 6.14. The van der Waals surface area contributed by atoms with Gasteiger partial charge in [-0.25, -0.2) is 4.99 Å². The maximum Gasteiger partial charge on any atom is 0.135 e. The van der Waals surface area contributed by atoms with E-state index in [9.17, 15) is 0 Å². The molecule has 0 spiro atoms. The molecule has 2 N–H and O–H groups in total. The quantitative estimate of drug-likeness (QED) is 0.651. The monoisotopic (exact) mass is 276 g/mol. The van der Waals surface area contributed by atoms with Crippen molar-refractivity contribution in [2.75, 3.05) is 26.3 Å². The van der Waals surface area contributed by atoms with Crippen molar-refractivity contribution in [3.05, 3.63) is 28.9 Å². The number of rotatable bonds is 3. The third kappa shape index (κ3) is 3.77. The van der Waals surface area contributed by atoms with Crippen LogP contribution in [-0.2, 0) is 16.7 Å². The van der Waals surface area contributed by atoms with Crippen LogP contribution in [0.5, 0.6) is 0 Å². The van der Waals surface area contributed by atoms with E-state index in [2.05, 4.69) is 47.8 Å². The number of nitrogens with one attached hydrogen (secondary N) is 2. The van der Waals surface area contributed by atoms with Gasteiger partial charge in [0.25, 0.3) is 0 Å². The Morgan fingerprint density at radius 1 is 1.35 bits per heavy atom. The summed E-state index contributed by atoms with van der Waals surface area (Å²) in [6.07, 6.45) is 1.10. The average molecular weight is 276 g/mol. The van der Waals surface area contributed by atoms with E-state index in [0.29, 0.717) is 0 Å². The zero-order chi connectivity index (χ0) is 14.6. The maximum atomic E-state index is 7.23. The molecule has 110 valence electrons. The van der Waals surface area contributed by atoms with Crippen molar-refractivity contribution in [3.63, 3.8) is 0 Å². The minimum Gasteiger partial charge on any atom is -0.379 e. The summed E-state index contributed by atoms with van der Waals surface area (Å²) >= 11 is 0. The Bertz CT molecular complexity index is 521. The molecule has 1 aromatic heterocycles. The van der Waals surface area contributed by atoms with Gasteiger partial charge in [0, 0.05) is 30.9 Å². The van der Waals surface area contributed by atoms with Crippen molar-refractivity contribution in [3.8, 4) is 0 Å². The number of ether oxygens (including phenoxy) is 1. The molecule has 0 bridgehead atoms. The van der Waals surface area contributed by atoms with Crippen molar-refractivity contribution >= 4 is 6.34 Å². The Kier molecular flexibility index (Phi) is 4.73. The molecule has 0 saturated carbocycles. The van der Waals surface area contributed by atoms with E-state index in [1.807, 2.05) is 0 Å². The first kappa shape index (κ1) is 14.9. The third-order valence-corrected chi connectivity index (χ3v) is 3.48. The van der Waals surface area contributed by atoms with Gasteiger partial charge in [-0.1, -0.05) is 26.8 Å². The van der Waals surface area contributed by atoms with Crippen LogP contribution in [0.25, 0.3) is 0 Å². The fourth-order valence-electron chi connectivity index (χ4n) is 2.39. The van der Waals surface area contributed by atoms with E-state index >= 15 is 0 Å². The lowest BCUT2D eigenvalue weighted by Gasteiger charge is -2.27. The topological polar surface area (TPSA) is 64.5 Å². The van der Waals surface area contributed by atoms with Gasteiger partial charge in [0.1, 0.15) is 11.8 Å². The summed E-state index contributed by atoms with van der Waals surface area (Å²) in [5.74, 6) is 0. The summed E-state index contributed by atoms with van der Waals surface area (Å²) in [5.41, 5.74) is 3.06. The molecular formula is C15H24N4O. The molecule has 20 heavy (non-hydrogen) atoms. The zero-order valence-electron chi connectivity index (χ0n) is 12.6. The highest BCUT2D eigenvalue weighted by atomic mass is 16.5. The normalized spacial score (nSPS) is 18.2. The molecular weight excluding hydrogens is 252 g/mol. The molecule has 5 heteroatoms. The Hall–Kier alpha value is -1.46. The zero-order valence-corrected chi connectivity index (χ0v) is 12.6. The minimum absolute atomic E-state index is 0.00976. The molecule has 1 saturated heterocycles. The van der Waals surface area contributed by atoms with E-state index in [4.69, 9.17) is 10.1 Å². The smallest absolute Gasteiger partial charge is 0.135 e. The third-order valence-electron chi connectivity index (χ3n) is 3.48. The van der Waals surface area contributed by atoms with Crippen molar-refractivity contribution in [2.45, 2.75) is 32.7 Å². The highest BCUT2D eigenvalue weighted by Gasteiger charge is 2.17. The van der Waals surface area contributed by atoms with Crippen LogP contribution < -0.4 is 5.49 Å². The molecule has 0 amide bonds. The predicted molar refractivity (Wildman–Crippen MR) is 79.9 cm³/mol. The van der Waals surface area contributed by atoms with Gasteiger partial charge >= 0.3 is 0 Å². The van der Waals surface area contributed by atoms with E-state index in [0.717, 1.165) is 55.9 Å². The number of nitrogens with zero attached hydrogens (tertiary/aromatic N) is 2. The van der Waals surface area contributed by atoms with Crippen molar-refractivity contribution in [1.29, 1.82) is 5.41 Å². The van der Waals surface area contributed by atoms with Crippen LogP contribution in [0, 0.1) is 5.41 Å². The van der Waals surface area contributed by atoms with Crippen LogP contribution in [0.1, 0.15) is 32.0 Å². The summed E-state index contributed by atoms with van der Waals surface area (Å²) in [7, 11) is 0. The first-order valence-electron chi connectivity index (χ1n) is 7.06. The molecule has 0 atom stereocenters. The summed E-state index contributed by atoms with van der Waals surface area (Å²) in [6, 6.07) is 4.24. The van der Waals surface area contributed by atoms with E-state index in [-0.39, 0.29) is 5.41 Å². The Morgan fingerprint density at radius 2 is 2.05 bits per heavy atom. The van der Waals surface area contributed by atoms with E-state index < -0.39 is 0 Å². The first-order chi connectivity index (χ1) is 9.50. The molecule has 0 radical (unpaired) electrons. The number of aromatic nitrogens is 1. The Morgan fingerprint density at radius 3 is 2.65 bits per heavy atom. The lowest BCUT2D eigenvalue weighted by molar-refractivity contribution is 0.0336. The lowest BCUT2D eigenvalue weighted by atomic mass is 9.88. The first-order valence-corrected chi connectivity index (χ1v) is 7.06. The standard InChI is InChI=1S/C15H24N4O/c1-15(2,3)13-5-4-12(18-14(13)17-11-16)10-19-6-8-20-9-7-19/h4-5,11H,6-10H2,1-3H3,(H2,16,17,18). The Labute approximate surface area is 120 Å². The van der Waals surface area contributed by atoms with Gasteiger partial charge in [-0.15, -0.1) is 0 Å². The van der Waals surface area contributed by atoms with E-state index in [1.165, 1.54) is 0 Å². The fraction of sp³-hybridized carbons (Fsp3) is 0.600. The largest absolute Gasteiger partial charge is 0.379 e. The van der Waals surface area contributed by atoms with Gasteiger partial charge in [0.15, 0.2) is 0 Å². The molecule has 1 aliphatic heterocycles. The van der Waals surface area contributed by atoms with Crippen LogP contribution in [-0.4, -0.2) is 42.5 Å². The van der Waals surface area contributed by atoms with Gasteiger partial charge in [-0.05, 0) is 11.5 Å². The summed E-state index contributed by atoms with van der Waals surface area (Å²) in [6.45, 7) is 10.9. The molecule has 1 fully saturated rings. The average Bonchev–Trinajstić information content (AvgIpc) is 2.39. The Balaban J connectivity index is 2.26. The van der Waals surface area contributed by atoms with Gasteiger partial charge in [0.05, 0.1) is 13.2 Å². The summed E-state index contributed by atoms with van der Waals surface area (Å²) in [4.78, 5) is 9.90. The fourth-order valence-corrected chi connectivity index (χ4v) is 2.39. The number of morpholine rings is 1. The van der Waals surface area contributed by atoms with Crippen LogP contribution in [0.4, 0.5) is 0 Å². The van der Waals surface area contributed by atoms with Crippen LogP contribution in [0.15, 0.2) is 17.1 Å². The molecule has 0 unspecified atom stereocenters. The molecule has 1 aliphatic rings. The number of aromatic amines is 1. The van der Waals surface area contributed by atoms with Gasteiger partial charge in [-0.3, -0.25) is 10.3 Å². The molecule has 2 rings (SSSR count). The number of hydrogen-bond acceptors (Lipinski definition) is 3. The summed E-state index contributed by atoms with van der Waals surface area (Å²) < 4.78 is 5.36. The molecule has 5 nitrogen and oxygen atoms in total. The highest BCUT2D eigenvalue weighted by Crippen LogP contribution is 2.18. The van der Waals surface area contributed by atoms with E-state index in [1.54, 1.807) is 0 Å².